The highest BCUT2D eigenvalue weighted by Crippen LogP contribution is 2.44. The summed E-state index contributed by atoms with van der Waals surface area (Å²) in [4.78, 5) is 3.59. The number of benzene rings is 2. The molecule has 4 heteroatoms. The van der Waals surface area contributed by atoms with Crippen molar-refractivity contribution in [3.8, 4) is 0 Å². The van der Waals surface area contributed by atoms with Gasteiger partial charge in [0.05, 0.1) is 16.1 Å². The van der Waals surface area contributed by atoms with Crippen molar-refractivity contribution in [3.63, 3.8) is 0 Å². The van der Waals surface area contributed by atoms with Gasteiger partial charge in [-0.25, -0.2) is 0 Å². The molecule has 0 amide bonds. The molecule has 1 aliphatic heterocycles. The lowest BCUT2D eigenvalue weighted by molar-refractivity contribution is -0.671. The molecule has 168 valence electrons. The van der Waals surface area contributed by atoms with Gasteiger partial charge >= 0.3 is 0 Å². The molecule has 0 saturated heterocycles. The van der Waals surface area contributed by atoms with Crippen LogP contribution in [0.2, 0.25) is 0 Å². The zero-order valence-electron chi connectivity index (χ0n) is 19.1. The van der Waals surface area contributed by atoms with E-state index in [9.17, 15) is 0 Å². The third kappa shape index (κ3) is 5.96. The predicted molar refractivity (Wildman–Crippen MR) is 135 cm³/mol. The number of para-hydroxylation sites is 2. The van der Waals surface area contributed by atoms with Gasteiger partial charge in [0.15, 0.2) is 6.20 Å². The minimum atomic E-state index is 0. The second-order valence-corrected chi connectivity index (χ2v) is 9.30. The van der Waals surface area contributed by atoms with E-state index in [1.807, 2.05) is 11.8 Å². The summed E-state index contributed by atoms with van der Waals surface area (Å²) in [6, 6.07) is 19.6. The van der Waals surface area contributed by atoms with Gasteiger partial charge in [-0.2, -0.15) is 4.57 Å². The Morgan fingerprint density at radius 2 is 1.66 bits per heavy atom. The van der Waals surface area contributed by atoms with Crippen molar-refractivity contribution in [2.45, 2.75) is 56.9 Å². The summed E-state index contributed by atoms with van der Waals surface area (Å²) in [5.74, 6) is 0. The molecule has 0 aliphatic carbocycles. The van der Waals surface area contributed by atoms with Gasteiger partial charge in [-0.3, -0.25) is 0 Å². The fourth-order valence-corrected chi connectivity index (χ4v) is 5.28. The zero-order valence-corrected chi connectivity index (χ0v) is 22.1. The first-order valence-electron chi connectivity index (χ1n) is 11.6. The van der Waals surface area contributed by atoms with Gasteiger partial charge in [0.2, 0.25) is 5.52 Å². The van der Waals surface area contributed by atoms with E-state index >= 15 is 0 Å². The Labute approximate surface area is 214 Å². The van der Waals surface area contributed by atoms with Gasteiger partial charge in [0.1, 0.15) is 6.54 Å². The minimum absolute atomic E-state index is 0. The van der Waals surface area contributed by atoms with E-state index in [0.717, 1.165) is 6.54 Å². The molecule has 4 rings (SSSR count). The van der Waals surface area contributed by atoms with E-state index in [1.54, 1.807) is 0 Å². The molecule has 2 heterocycles. The van der Waals surface area contributed by atoms with E-state index in [2.05, 4.69) is 102 Å². The van der Waals surface area contributed by atoms with Crippen molar-refractivity contribution < 1.29 is 28.5 Å². The Morgan fingerprint density at radius 1 is 0.906 bits per heavy atom. The van der Waals surface area contributed by atoms with Crippen LogP contribution in [-0.2, 0) is 6.54 Å². The molecule has 0 bridgehead atoms. The molecule has 0 saturated carbocycles. The van der Waals surface area contributed by atoms with Crippen LogP contribution in [0.25, 0.3) is 17.0 Å². The fraction of sp³-hybridized carbons (Fsp3) is 0.321. The standard InChI is InChI=1S/C28H33N2S.HI/c1-3-4-5-6-7-12-21-30-22-20-23(24-15-8-9-16-25(24)30)14-13-19-28-29(2)26-17-10-11-18-27(26)31-28;/h8-11,13-20,22H,3-7,12,21H2,1-2H3;1H/q+1;/p-1. The number of thioether (sulfide) groups is 1. The number of nitrogens with zero attached hydrogens (tertiary/aromatic N) is 2. The first-order valence-corrected chi connectivity index (χ1v) is 12.4. The summed E-state index contributed by atoms with van der Waals surface area (Å²) in [5, 5.41) is 2.58. The lowest BCUT2D eigenvalue weighted by Crippen LogP contribution is -3.00. The Hall–Kier alpha value is -1.79. The summed E-state index contributed by atoms with van der Waals surface area (Å²) >= 11 is 1.83. The molecular weight excluding hydrogens is 523 g/mol. The van der Waals surface area contributed by atoms with Gasteiger partial charge in [-0.05, 0) is 36.3 Å². The maximum Gasteiger partial charge on any atom is 0.213 e. The number of aromatic nitrogens is 1. The van der Waals surface area contributed by atoms with Gasteiger partial charge in [-0.1, -0.05) is 80.8 Å². The van der Waals surface area contributed by atoms with Crippen molar-refractivity contribution >= 4 is 34.4 Å². The molecular formula is C28H33IN2S. The molecule has 0 radical (unpaired) electrons. The molecule has 2 aromatic carbocycles. The molecule has 0 fully saturated rings. The van der Waals surface area contributed by atoms with Crippen molar-refractivity contribution in [2.75, 3.05) is 11.9 Å². The van der Waals surface area contributed by atoms with Crippen LogP contribution in [-0.4, -0.2) is 7.05 Å². The van der Waals surface area contributed by atoms with Crippen molar-refractivity contribution in [1.82, 2.24) is 0 Å². The summed E-state index contributed by atoms with van der Waals surface area (Å²) in [6.45, 7) is 3.37. The van der Waals surface area contributed by atoms with Crippen LogP contribution >= 0.6 is 11.8 Å². The highest BCUT2D eigenvalue weighted by atomic mass is 127. The molecule has 2 nitrogen and oxygen atoms in total. The van der Waals surface area contributed by atoms with E-state index in [-0.39, 0.29) is 24.0 Å². The Morgan fingerprint density at radius 3 is 2.50 bits per heavy atom. The molecule has 0 unspecified atom stereocenters. The predicted octanol–water partition coefficient (Wildman–Crippen LogP) is 4.59. The summed E-state index contributed by atoms with van der Waals surface area (Å²) < 4.78 is 2.42. The number of unbranched alkanes of at least 4 members (excludes halogenated alkanes) is 5. The molecule has 1 aromatic heterocycles. The van der Waals surface area contributed by atoms with Crippen molar-refractivity contribution in [2.24, 2.45) is 0 Å². The average molecular weight is 557 g/mol. The minimum Gasteiger partial charge on any atom is -1.00 e. The maximum absolute atomic E-state index is 2.42. The largest absolute Gasteiger partial charge is 1.00 e. The van der Waals surface area contributed by atoms with E-state index in [0.29, 0.717) is 0 Å². The number of anilines is 1. The third-order valence-corrected chi connectivity index (χ3v) is 7.18. The smallest absolute Gasteiger partial charge is 0.213 e. The Kier molecular flexibility index (Phi) is 9.67. The second kappa shape index (κ2) is 12.4. The number of rotatable bonds is 9. The van der Waals surface area contributed by atoms with Gasteiger partial charge in [0, 0.05) is 30.5 Å². The normalized spacial score (nSPS) is 14.3. The van der Waals surface area contributed by atoms with Crippen LogP contribution in [0.4, 0.5) is 5.69 Å². The highest BCUT2D eigenvalue weighted by molar-refractivity contribution is 8.03. The second-order valence-electron chi connectivity index (χ2n) is 8.24. The Balaban J connectivity index is 0.00000289. The maximum atomic E-state index is 2.42. The van der Waals surface area contributed by atoms with Crippen LogP contribution in [0.3, 0.4) is 0 Å². The molecule has 0 atom stereocenters. The number of allylic oxidation sites excluding steroid dienone is 2. The van der Waals surface area contributed by atoms with Gasteiger partial charge in [0.25, 0.3) is 0 Å². The lowest BCUT2D eigenvalue weighted by Gasteiger charge is -2.12. The molecule has 0 N–H and O–H groups in total. The third-order valence-electron chi connectivity index (χ3n) is 6.00. The zero-order chi connectivity index (χ0) is 21.5. The molecule has 1 aliphatic rings. The van der Waals surface area contributed by atoms with Crippen molar-refractivity contribution in [3.05, 3.63) is 83.5 Å². The topological polar surface area (TPSA) is 7.12 Å². The van der Waals surface area contributed by atoms with Crippen LogP contribution in [0, 0.1) is 0 Å². The first-order chi connectivity index (χ1) is 15.3. The van der Waals surface area contributed by atoms with Crippen LogP contribution in [0.5, 0.6) is 0 Å². The number of hydrogen-bond donors (Lipinski definition) is 0. The average Bonchev–Trinajstić information content (AvgIpc) is 3.13. The number of halogens is 1. The number of hydrogen-bond acceptors (Lipinski definition) is 2. The fourth-order valence-electron chi connectivity index (χ4n) is 4.21. The first kappa shape index (κ1) is 24.8. The molecule has 3 aromatic rings. The van der Waals surface area contributed by atoms with E-state index in [1.165, 1.54) is 70.6 Å². The van der Waals surface area contributed by atoms with Crippen LogP contribution in [0.1, 0.15) is 51.0 Å². The summed E-state index contributed by atoms with van der Waals surface area (Å²) in [5.41, 5.74) is 3.88. The highest BCUT2D eigenvalue weighted by Gasteiger charge is 2.20. The monoisotopic (exact) mass is 556 g/mol. The van der Waals surface area contributed by atoms with Gasteiger partial charge in [-0.15, -0.1) is 0 Å². The number of aryl methyl sites for hydroxylation is 1. The van der Waals surface area contributed by atoms with Crippen LogP contribution < -0.4 is 33.4 Å². The lowest BCUT2D eigenvalue weighted by atomic mass is 10.1. The Bertz CT molecular complexity index is 1090. The molecule has 32 heavy (non-hydrogen) atoms. The van der Waals surface area contributed by atoms with Crippen LogP contribution in [0.15, 0.2) is 82.9 Å². The summed E-state index contributed by atoms with van der Waals surface area (Å²) in [7, 11) is 2.14. The molecule has 0 spiro atoms. The van der Waals surface area contributed by atoms with E-state index < -0.39 is 0 Å². The van der Waals surface area contributed by atoms with Gasteiger partial charge < -0.3 is 28.9 Å². The number of pyridine rings is 1. The SMILES string of the molecule is CCCCCCCC[n+]1ccc(C=CC=C2Sc3ccccc3N2C)c2ccccc21.[I-]. The summed E-state index contributed by atoms with van der Waals surface area (Å²) in [6.07, 6.45) is 16.9. The van der Waals surface area contributed by atoms with E-state index in [4.69, 9.17) is 0 Å². The van der Waals surface area contributed by atoms with Crippen molar-refractivity contribution in [1.29, 1.82) is 0 Å². The number of fused-ring (bicyclic) bond motifs is 2. The quantitative estimate of drug-likeness (QED) is 0.216.